The summed E-state index contributed by atoms with van der Waals surface area (Å²) in [6, 6.07) is 6.43. The van der Waals surface area contributed by atoms with Gasteiger partial charge in [0.2, 0.25) is 0 Å². The standard InChI is InChI=1S/C14H19FN2O2/c1-2-7-16-14(18)17-8-9-19-13(10-17)11-5-3-4-6-12(11)15/h3-6,13H,2,7-10H2,1H3,(H,16,18). The first-order valence-corrected chi connectivity index (χ1v) is 6.61. The Kier molecular flexibility index (Phi) is 4.74. The first-order valence-electron chi connectivity index (χ1n) is 6.61. The lowest BCUT2D eigenvalue weighted by atomic mass is 10.1. The van der Waals surface area contributed by atoms with E-state index in [1.165, 1.54) is 6.07 Å². The van der Waals surface area contributed by atoms with Crippen molar-refractivity contribution in [3.63, 3.8) is 0 Å². The third-order valence-corrected chi connectivity index (χ3v) is 3.13. The summed E-state index contributed by atoms with van der Waals surface area (Å²) < 4.78 is 19.3. The molecule has 5 heteroatoms. The maximum Gasteiger partial charge on any atom is 0.317 e. The van der Waals surface area contributed by atoms with Gasteiger partial charge in [0.1, 0.15) is 11.9 Å². The number of carbonyl (C=O) groups is 1. The van der Waals surface area contributed by atoms with Gasteiger partial charge in [-0.15, -0.1) is 0 Å². The van der Waals surface area contributed by atoms with Gasteiger partial charge < -0.3 is 15.0 Å². The van der Waals surface area contributed by atoms with E-state index < -0.39 is 0 Å². The Labute approximate surface area is 112 Å². The fraction of sp³-hybridized carbons (Fsp3) is 0.500. The molecule has 1 unspecified atom stereocenters. The van der Waals surface area contributed by atoms with Crippen LogP contribution < -0.4 is 5.32 Å². The lowest BCUT2D eigenvalue weighted by molar-refractivity contribution is -0.0171. The van der Waals surface area contributed by atoms with Crippen molar-refractivity contribution in [2.24, 2.45) is 0 Å². The Morgan fingerprint density at radius 3 is 3.05 bits per heavy atom. The largest absolute Gasteiger partial charge is 0.370 e. The topological polar surface area (TPSA) is 41.6 Å². The van der Waals surface area contributed by atoms with Crippen molar-refractivity contribution in [2.45, 2.75) is 19.4 Å². The molecule has 4 nitrogen and oxygen atoms in total. The molecular formula is C14H19FN2O2. The van der Waals surface area contributed by atoms with Crippen LogP contribution in [0.3, 0.4) is 0 Å². The number of benzene rings is 1. The van der Waals surface area contributed by atoms with Crippen molar-refractivity contribution in [2.75, 3.05) is 26.2 Å². The van der Waals surface area contributed by atoms with E-state index in [-0.39, 0.29) is 18.0 Å². The van der Waals surface area contributed by atoms with Crippen LogP contribution in [-0.4, -0.2) is 37.2 Å². The normalized spacial score (nSPS) is 19.3. The van der Waals surface area contributed by atoms with Crippen molar-refractivity contribution in [1.82, 2.24) is 10.2 Å². The first-order chi connectivity index (χ1) is 9.22. The maximum atomic E-state index is 13.7. The fourth-order valence-electron chi connectivity index (χ4n) is 2.10. The van der Waals surface area contributed by atoms with Crippen LogP contribution in [0.1, 0.15) is 25.0 Å². The van der Waals surface area contributed by atoms with E-state index in [0.29, 0.717) is 31.8 Å². The Balaban J connectivity index is 2.01. The Morgan fingerprint density at radius 2 is 2.32 bits per heavy atom. The highest BCUT2D eigenvalue weighted by Crippen LogP contribution is 2.24. The van der Waals surface area contributed by atoms with E-state index in [0.717, 1.165) is 6.42 Å². The smallest absolute Gasteiger partial charge is 0.317 e. The number of ether oxygens (including phenoxy) is 1. The molecule has 104 valence electrons. The lowest BCUT2D eigenvalue weighted by Crippen LogP contribution is -2.47. The number of morpholine rings is 1. The third-order valence-electron chi connectivity index (χ3n) is 3.13. The second-order valence-electron chi connectivity index (χ2n) is 4.56. The number of halogens is 1. The van der Waals surface area contributed by atoms with Gasteiger partial charge >= 0.3 is 6.03 Å². The molecule has 0 saturated carbocycles. The highest BCUT2D eigenvalue weighted by molar-refractivity contribution is 5.74. The van der Waals surface area contributed by atoms with Crippen LogP contribution in [0, 0.1) is 5.82 Å². The predicted octanol–water partition coefficient (Wildman–Crippen LogP) is 2.32. The lowest BCUT2D eigenvalue weighted by Gasteiger charge is -2.33. The summed E-state index contributed by atoms with van der Waals surface area (Å²) >= 11 is 0. The number of hydrogen-bond acceptors (Lipinski definition) is 2. The Bertz CT molecular complexity index is 439. The summed E-state index contributed by atoms with van der Waals surface area (Å²) in [6.45, 7) is 4.01. The van der Waals surface area contributed by atoms with Gasteiger partial charge in [-0.2, -0.15) is 0 Å². The van der Waals surface area contributed by atoms with Crippen LogP contribution in [0.4, 0.5) is 9.18 Å². The molecule has 1 aromatic rings. The number of hydrogen-bond donors (Lipinski definition) is 1. The average Bonchev–Trinajstić information content (AvgIpc) is 2.45. The van der Waals surface area contributed by atoms with Gasteiger partial charge in [0.25, 0.3) is 0 Å². The van der Waals surface area contributed by atoms with Gasteiger partial charge in [-0.3, -0.25) is 0 Å². The van der Waals surface area contributed by atoms with Gasteiger partial charge in [-0.25, -0.2) is 9.18 Å². The monoisotopic (exact) mass is 266 g/mol. The van der Waals surface area contributed by atoms with Crippen LogP contribution in [-0.2, 0) is 4.74 Å². The molecule has 1 heterocycles. The van der Waals surface area contributed by atoms with Crippen LogP contribution in [0.5, 0.6) is 0 Å². The summed E-state index contributed by atoms with van der Waals surface area (Å²) in [5.41, 5.74) is 0.510. The predicted molar refractivity (Wildman–Crippen MR) is 70.4 cm³/mol. The molecule has 1 fully saturated rings. The van der Waals surface area contributed by atoms with Crippen molar-refractivity contribution in [3.05, 3.63) is 35.6 Å². The van der Waals surface area contributed by atoms with E-state index in [9.17, 15) is 9.18 Å². The quantitative estimate of drug-likeness (QED) is 0.912. The van der Waals surface area contributed by atoms with Crippen molar-refractivity contribution in [3.8, 4) is 0 Å². The molecule has 2 amide bonds. The highest BCUT2D eigenvalue weighted by Gasteiger charge is 2.26. The van der Waals surface area contributed by atoms with Gasteiger partial charge in [0.05, 0.1) is 13.2 Å². The number of nitrogens with one attached hydrogen (secondary N) is 1. The molecule has 2 rings (SSSR count). The van der Waals surface area contributed by atoms with Crippen LogP contribution in [0.25, 0.3) is 0 Å². The summed E-state index contributed by atoms with van der Waals surface area (Å²) in [5, 5.41) is 2.83. The number of urea groups is 1. The molecular weight excluding hydrogens is 247 g/mol. The summed E-state index contributed by atoms with van der Waals surface area (Å²) in [6.07, 6.45) is 0.509. The fourth-order valence-corrected chi connectivity index (χ4v) is 2.10. The minimum atomic E-state index is -0.387. The van der Waals surface area contributed by atoms with Crippen molar-refractivity contribution in [1.29, 1.82) is 0 Å². The van der Waals surface area contributed by atoms with E-state index in [2.05, 4.69) is 5.32 Å². The van der Waals surface area contributed by atoms with E-state index in [4.69, 9.17) is 4.74 Å². The Morgan fingerprint density at radius 1 is 1.53 bits per heavy atom. The molecule has 1 atom stereocenters. The zero-order valence-electron chi connectivity index (χ0n) is 11.1. The Hall–Kier alpha value is -1.62. The molecule has 0 bridgehead atoms. The molecule has 1 N–H and O–H groups in total. The average molecular weight is 266 g/mol. The minimum Gasteiger partial charge on any atom is -0.370 e. The zero-order chi connectivity index (χ0) is 13.7. The molecule has 0 aromatic heterocycles. The molecule has 0 radical (unpaired) electrons. The van der Waals surface area contributed by atoms with Crippen LogP contribution in [0.15, 0.2) is 24.3 Å². The molecule has 19 heavy (non-hydrogen) atoms. The third kappa shape index (κ3) is 3.44. The van der Waals surface area contributed by atoms with Crippen molar-refractivity contribution >= 4 is 6.03 Å². The number of carbonyl (C=O) groups excluding carboxylic acids is 1. The second-order valence-corrected chi connectivity index (χ2v) is 4.56. The molecule has 1 aliphatic heterocycles. The second kappa shape index (κ2) is 6.52. The maximum absolute atomic E-state index is 13.7. The summed E-state index contributed by atoms with van der Waals surface area (Å²) in [7, 11) is 0. The van der Waals surface area contributed by atoms with Gasteiger partial charge in [0, 0.05) is 18.7 Å². The van der Waals surface area contributed by atoms with Gasteiger partial charge in [-0.1, -0.05) is 25.1 Å². The number of amides is 2. The minimum absolute atomic E-state index is 0.105. The van der Waals surface area contributed by atoms with Crippen LogP contribution in [0.2, 0.25) is 0 Å². The van der Waals surface area contributed by atoms with E-state index in [1.54, 1.807) is 23.1 Å². The van der Waals surface area contributed by atoms with E-state index >= 15 is 0 Å². The van der Waals surface area contributed by atoms with Gasteiger partial charge in [-0.05, 0) is 12.5 Å². The SMILES string of the molecule is CCCNC(=O)N1CCOC(c2ccccc2F)C1. The molecule has 1 aliphatic rings. The summed E-state index contributed by atoms with van der Waals surface area (Å²) in [5.74, 6) is -0.289. The molecule has 0 aliphatic carbocycles. The number of nitrogens with zero attached hydrogens (tertiary/aromatic N) is 1. The molecule has 1 aromatic carbocycles. The zero-order valence-corrected chi connectivity index (χ0v) is 11.1. The summed E-state index contributed by atoms with van der Waals surface area (Å²) in [4.78, 5) is 13.6. The highest BCUT2D eigenvalue weighted by atomic mass is 19.1. The first kappa shape index (κ1) is 13.8. The van der Waals surface area contributed by atoms with E-state index in [1.807, 2.05) is 6.92 Å². The molecule has 1 saturated heterocycles. The van der Waals surface area contributed by atoms with Crippen molar-refractivity contribution < 1.29 is 13.9 Å². The van der Waals surface area contributed by atoms with Crippen LogP contribution >= 0.6 is 0 Å². The molecule has 0 spiro atoms. The number of rotatable bonds is 3. The van der Waals surface area contributed by atoms with Gasteiger partial charge in [0.15, 0.2) is 0 Å².